The zero-order valence-electron chi connectivity index (χ0n) is 11.5. The molecule has 2 heterocycles. The molecule has 1 aromatic heterocycles. The number of hydrogen-bond acceptors (Lipinski definition) is 4. The van der Waals surface area contributed by atoms with E-state index in [0.717, 1.165) is 17.9 Å². The van der Waals surface area contributed by atoms with E-state index in [4.69, 9.17) is 0 Å². The Balaban J connectivity index is 1.79. The van der Waals surface area contributed by atoms with Crippen molar-refractivity contribution in [2.75, 3.05) is 45.1 Å². The van der Waals surface area contributed by atoms with Crippen molar-refractivity contribution in [1.29, 1.82) is 0 Å². The number of piperazine rings is 1. The fourth-order valence-corrected chi connectivity index (χ4v) is 2.28. The van der Waals surface area contributed by atoms with Gasteiger partial charge in [-0.1, -0.05) is 6.07 Å². The molecule has 0 aliphatic carbocycles. The molecule has 1 aliphatic rings. The maximum Gasteiger partial charge on any atom is 0.401 e. The molecule has 1 saturated heterocycles. The van der Waals surface area contributed by atoms with E-state index in [1.165, 1.54) is 4.90 Å². The SMILES string of the molecule is CNc1ccc(CN2CCN(CC(F)(F)F)CC2)cn1. The average Bonchev–Trinajstić information content (AvgIpc) is 2.40. The second kappa shape index (κ2) is 6.41. The Kier molecular flexibility index (Phi) is 4.82. The molecule has 1 aromatic rings. The first-order chi connectivity index (χ1) is 9.46. The third-order valence-electron chi connectivity index (χ3n) is 3.35. The summed E-state index contributed by atoms with van der Waals surface area (Å²) in [5.74, 6) is 0.809. The van der Waals surface area contributed by atoms with E-state index in [-0.39, 0.29) is 0 Å². The normalized spacial score (nSPS) is 18.2. The van der Waals surface area contributed by atoms with Gasteiger partial charge < -0.3 is 5.32 Å². The third-order valence-corrected chi connectivity index (χ3v) is 3.35. The molecule has 4 nitrogen and oxygen atoms in total. The lowest BCUT2D eigenvalue weighted by molar-refractivity contribution is -0.149. The lowest BCUT2D eigenvalue weighted by Crippen LogP contribution is -2.48. The first-order valence-corrected chi connectivity index (χ1v) is 6.60. The first-order valence-electron chi connectivity index (χ1n) is 6.60. The largest absolute Gasteiger partial charge is 0.401 e. The van der Waals surface area contributed by atoms with Gasteiger partial charge in [-0.15, -0.1) is 0 Å². The van der Waals surface area contributed by atoms with Crippen LogP contribution < -0.4 is 5.32 Å². The molecular formula is C13H19F3N4. The molecule has 0 bridgehead atoms. The Hall–Kier alpha value is -1.34. The molecule has 0 aromatic carbocycles. The number of pyridine rings is 1. The molecule has 1 fully saturated rings. The minimum atomic E-state index is -4.10. The molecule has 0 radical (unpaired) electrons. The number of nitrogens with zero attached hydrogens (tertiary/aromatic N) is 3. The number of aromatic nitrogens is 1. The van der Waals surface area contributed by atoms with Crippen LogP contribution in [0.5, 0.6) is 0 Å². The lowest BCUT2D eigenvalue weighted by Gasteiger charge is -2.34. The number of nitrogens with one attached hydrogen (secondary N) is 1. The van der Waals surface area contributed by atoms with Crippen LogP contribution in [-0.4, -0.2) is 60.7 Å². The number of rotatable bonds is 4. The Morgan fingerprint density at radius 1 is 1.15 bits per heavy atom. The van der Waals surface area contributed by atoms with E-state index in [2.05, 4.69) is 15.2 Å². The summed E-state index contributed by atoms with van der Waals surface area (Å²) < 4.78 is 36.9. The van der Waals surface area contributed by atoms with Crippen molar-refractivity contribution in [2.45, 2.75) is 12.7 Å². The zero-order chi connectivity index (χ0) is 14.6. The van der Waals surface area contributed by atoms with Crippen LogP contribution in [0.25, 0.3) is 0 Å². The van der Waals surface area contributed by atoms with Gasteiger partial charge in [0.05, 0.1) is 6.54 Å². The van der Waals surface area contributed by atoms with Gasteiger partial charge >= 0.3 is 6.18 Å². The zero-order valence-corrected chi connectivity index (χ0v) is 11.5. The summed E-state index contributed by atoms with van der Waals surface area (Å²) in [6, 6.07) is 3.89. The van der Waals surface area contributed by atoms with Gasteiger partial charge in [0.1, 0.15) is 5.82 Å². The van der Waals surface area contributed by atoms with Crippen LogP contribution in [0.4, 0.5) is 19.0 Å². The molecule has 1 N–H and O–H groups in total. The lowest BCUT2D eigenvalue weighted by atomic mass is 10.2. The van der Waals surface area contributed by atoms with E-state index in [0.29, 0.717) is 26.2 Å². The van der Waals surface area contributed by atoms with Gasteiger partial charge in [-0.05, 0) is 11.6 Å². The summed E-state index contributed by atoms with van der Waals surface area (Å²) in [4.78, 5) is 7.84. The molecule has 0 unspecified atom stereocenters. The number of anilines is 1. The molecule has 2 rings (SSSR count). The Bertz CT molecular complexity index is 411. The van der Waals surface area contributed by atoms with E-state index in [9.17, 15) is 13.2 Å². The number of alkyl halides is 3. The fourth-order valence-electron chi connectivity index (χ4n) is 2.28. The fraction of sp³-hybridized carbons (Fsp3) is 0.615. The predicted octanol–water partition coefficient (Wildman–Crippen LogP) is 1.80. The van der Waals surface area contributed by atoms with E-state index in [1.807, 2.05) is 19.2 Å². The summed E-state index contributed by atoms with van der Waals surface area (Å²) in [5, 5.41) is 2.95. The van der Waals surface area contributed by atoms with Gasteiger partial charge in [0.2, 0.25) is 0 Å². The highest BCUT2D eigenvalue weighted by atomic mass is 19.4. The minimum Gasteiger partial charge on any atom is -0.373 e. The maximum atomic E-state index is 12.3. The Labute approximate surface area is 116 Å². The van der Waals surface area contributed by atoms with Crippen molar-refractivity contribution in [3.63, 3.8) is 0 Å². The molecule has 0 atom stereocenters. The summed E-state index contributed by atoms with van der Waals surface area (Å²) >= 11 is 0. The van der Waals surface area contributed by atoms with Crippen molar-refractivity contribution in [1.82, 2.24) is 14.8 Å². The number of hydrogen-bond donors (Lipinski definition) is 1. The third kappa shape index (κ3) is 4.64. The van der Waals surface area contributed by atoms with Gasteiger partial charge in [-0.2, -0.15) is 13.2 Å². The predicted molar refractivity (Wildman–Crippen MR) is 71.6 cm³/mol. The standard InChI is InChI=1S/C13H19F3N4/c1-17-12-3-2-11(8-18-12)9-19-4-6-20(7-5-19)10-13(14,15)16/h2-3,8H,4-7,9-10H2,1H3,(H,17,18). The van der Waals surface area contributed by atoms with Crippen LogP contribution >= 0.6 is 0 Å². The van der Waals surface area contributed by atoms with E-state index < -0.39 is 12.7 Å². The monoisotopic (exact) mass is 288 g/mol. The van der Waals surface area contributed by atoms with Gasteiger partial charge in [-0.3, -0.25) is 9.80 Å². The van der Waals surface area contributed by atoms with Crippen LogP contribution in [0.15, 0.2) is 18.3 Å². The molecular weight excluding hydrogens is 269 g/mol. The summed E-state index contributed by atoms with van der Waals surface area (Å²) in [5.41, 5.74) is 1.08. The van der Waals surface area contributed by atoms with Gasteiger partial charge in [0, 0.05) is 46.0 Å². The summed E-state index contributed by atoms with van der Waals surface area (Å²) in [6.07, 6.45) is -2.30. The quantitative estimate of drug-likeness (QED) is 0.915. The molecule has 1 aliphatic heterocycles. The van der Waals surface area contributed by atoms with Crippen molar-refractivity contribution < 1.29 is 13.2 Å². The molecule has 0 saturated carbocycles. The van der Waals surface area contributed by atoms with E-state index >= 15 is 0 Å². The highest BCUT2D eigenvalue weighted by Crippen LogP contribution is 2.18. The Morgan fingerprint density at radius 3 is 2.30 bits per heavy atom. The van der Waals surface area contributed by atoms with Crippen LogP contribution in [0.2, 0.25) is 0 Å². The van der Waals surface area contributed by atoms with Crippen molar-refractivity contribution in [2.24, 2.45) is 0 Å². The molecule has 7 heteroatoms. The van der Waals surface area contributed by atoms with Gasteiger partial charge in [0.25, 0.3) is 0 Å². The van der Waals surface area contributed by atoms with Crippen LogP contribution in [0, 0.1) is 0 Å². The molecule has 0 spiro atoms. The minimum absolute atomic E-state index is 0.460. The second-order valence-electron chi connectivity index (χ2n) is 4.97. The molecule has 112 valence electrons. The van der Waals surface area contributed by atoms with Gasteiger partial charge in [0.15, 0.2) is 0 Å². The van der Waals surface area contributed by atoms with E-state index in [1.54, 1.807) is 6.20 Å². The average molecular weight is 288 g/mol. The van der Waals surface area contributed by atoms with Crippen LogP contribution in [-0.2, 0) is 6.54 Å². The molecule has 20 heavy (non-hydrogen) atoms. The number of halogens is 3. The topological polar surface area (TPSA) is 31.4 Å². The Morgan fingerprint density at radius 2 is 1.80 bits per heavy atom. The second-order valence-corrected chi connectivity index (χ2v) is 4.97. The van der Waals surface area contributed by atoms with Crippen LogP contribution in [0.1, 0.15) is 5.56 Å². The summed E-state index contributed by atoms with van der Waals surface area (Å²) in [7, 11) is 1.81. The highest BCUT2D eigenvalue weighted by Gasteiger charge is 2.32. The highest BCUT2D eigenvalue weighted by molar-refractivity contribution is 5.34. The van der Waals surface area contributed by atoms with Crippen molar-refractivity contribution in [3.05, 3.63) is 23.9 Å². The first kappa shape index (κ1) is 15.1. The smallest absolute Gasteiger partial charge is 0.373 e. The van der Waals surface area contributed by atoms with Crippen LogP contribution in [0.3, 0.4) is 0 Å². The van der Waals surface area contributed by atoms with Crippen molar-refractivity contribution >= 4 is 5.82 Å². The maximum absolute atomic E-state index is 12.3. The summed E-state index contributed by atoms with van der Waals surface area (Å²) in [6.45, 7) is 2.16. The molecule has 0 amide bonds. The van der Waals surface area contributed by atoms with Gasteiger partial charge in [-0.25, -0.2) is 4.98 Å². The van der Waals surface area contributed by atoms with Crippen molar-refractivity contribution in [3.8, 4) is 0 Å².